The maximum atomic E-state index is 13.4. The Hall–Kier alpha value is -3.67. The van der Waals surface area contributed by atoms with Crippen LogP contribution in [0.15, 0.2) is 66.7 Å². The van der Waals surface area contributed by atoms with Crippen LogP contribution in [-0.4, -0.2) is 32.1 Å². The molecule has 6 heteroatoms. The quantitative estimate of drug-likeness (QED) is 0.656. The lowest BCUT2D eigenvalue weighted by Crippen LogP contribution is -2.42. The minimum atomic E-state index is -0.402. The highest BCUT2D eigenvalue weighted by Crippen LogP contribution is 2.42. The lowest BCUT2D eigenvalue weighted by molar-refractivity contribution is 0.0666. The molecule has 0 spiro atoms. The summed E-state index contributed by atoms with van der Waals surface area (Å²) < 4.78 is 16.5. The SMILES string of the molecule is COc1cc(C2Nc3ccccc3C(=O)N2Cc2ccccc2)cc(OC)c1OC. The fraction of sp³-hybridized carbons (Fsp3) is 0.208. The van der Waals surface area contributed by atoms with Gasteiger partial charge in [0, 0.05) is 17.8 Å². The molecule has 30 heavy (non-hydrogen) atoms. The van der Waals surface area contributed by atoms with Gasteiger partial charge in [0.15, 0.2) is 11.5 Å². The van der Waals surface area contributed by atoms with Gasteiger partial charge in [0.05, 0.1) is 26.9 Å². The van der Waals surface area contributed by atoms with Gasteiger partial charge in [-0.2, -0.15) is 0 Å². The van der Waals surface area contributed by atoms with Gasteiger partial charge in [-0.3, -0.25) is 4.79 Å². The van der Waals surface area contributed by atoms with Crippen molar-refractivity contribution in [1.82, 2.24) is 4.90 Å². The molecule has 0 saturated heterocycles. The lowest BCUT2D eigenvalue weighted by Gasteiger charge is -2.38. The number of rotatable bonds is 6. The highest BCUT2D eigenvalue weighted by atomic mass is 16.5. The minimum Gasteiger partial charge on any atom is -0.493 e. The van der Waals surface area contributed by atoms with E-state index < -0.39 is 6.17 Å². The van der Waals surface area contributed by atoms with Crippen molar-refractivity contribution in [3.05, 3.63) is 83.4 Å². The van der Waals surface area contributed by atoms with Gasteiger partial charge in [0.25, 0.3) is 5.91 Å². The molecule has 0 aromatic heterocycles. The molecule has 6 nitrogen and oxygen atoms in total. The Morgan fingerprint density at radius 1 is 0.867 bits per heavy atom. The van der Waals surface area contributed by atoms with Gasteiger partial charge >= 0.3 is 0 Å². The van der Waals surface area contributed by atoms with Crippen molar-refractivity contribution in [1.29, 1.82) is 0 Å². The molecule has 1 atom stereocenters. The molecule has 4 rings (SSSR count). The fourth-order valence-electron chi connectivity index (χ4n) is 3.76. The van der Waals surface area contributed by atoms with E-state index in [-0.39, 0.29) is 5.91 Å². The Bertz CT molecular complexity index is 1030. The van der Waals surface area contributed by atoms with E-state index in [9.17, 15) is 4.79 Å². The fourth-order valence-corrected chi connectivity index (χ4v) is 3.76. The highest BCUT2D eigenvalue weighted by Gasteiger charge is 2.34. The van der Waals surface area contributed by atoms with Gasteiger partial charge in [-0.25, -0.2) is 0 Å². The molecule has 1 N–H and O–H groups in total. The zero-order valence-corrected chi connectivity index (χ0v) is 17.2. The summed E-state index contributed by atoms with van der Waals surface area (Å²) in [6.45, 7) is 0.461. The molecule has 0 fully saturated rings. The first kappa shape index (κ1) is 19.6. The maximum absolute atomic E-state index is 13.4. The number of amides is 1. The first-order valence-corrected chi connectivity index (χ1v) is 9.66. The van der Waals surface area contributed by atoms with E-state index in [1.54, 1.807) is 21.3 Å². The minimum absolute atomic E-state index is 0.0352. The molecule has 0 bridgehead atoms. The van der Waals surface area contributed by atoms with Crippen molar-refractivity contribution < 1.29 is 19.0 Å². The number of nitrogens with zero attached hydrogens (tertiary/aromatic N) is 1. The molecule has 1 unspecified atom stereocenters. The number of fused-ring (bicyclic) bond motifs is 1. The molecule has 1 aliphatic rings. The van der Waals surface area contributed by atoms with Crippen molar-refractivity contribution in [3.63, 3.8) is 0 Å². The number of hydrogen-bond acceptors (Lipinski definition) is 5. The summed E-state index contributed by atoms with van der Waals surface area (Å²) in [5.41, 5.74) is 3.33. The standard InChI is InChI=1S/C24H24N2O4/c1-28-20-13-17(14-21(29-2)22(20)30-3)23-25-19-12-8-7-11-18(19)24(27)26(23)15-16-9-5-4-6-10-16/h4-14,23,25H,15H2,1-3H3. The van der Waals surface area contributed by atoms with Crippen molar-refractivity contribution in [3.8, 4) is 17.2 Å². The van der Waals surface area contributed by atoms with Gasteiger partial charge < -0.3 is 24.4 Å². The van der Waals surface area contributed by atoms with Crippen LogP contribution in [0.4, 0.5) is 5.69 Å². The number of ether oxygens (including phenoxy) is 3. The van der Waals surface area contributed by atoms with Crippen LogP contribution < -0.4 is 19.5 Å². The summed E-state index contributed by atoms with van der Waals surface area (Å²) in [6, 6.07) is 21.2. The van der Waals surface area contributed by atoms with Crippen LogP contribution >= 0.6 is 0 Å². The molecule has 1 heterocycles. The number of carbonyl (C=O) groups excluding carboxylic acids is 1. The molecule has 0 saturated carbocycles. The highest BCUT2D eigenvalue weighted by molar-refractivity contribution is 6.01. The molecule has 154 valence electrons. The first-order valence-electron chi connectivity index (χ1n) is 9.66. The molecule has 1 amide bonds. The van der Waals surface area contributed by atoms with E-state index in [2.05, 4.69) is 5.32 Å². The molecule has 0 radical (unpaired) electrons. The number of nitrogens with one attached hydrogen (secondary N) is 1. The lowest BCUT2D eigenvalue weighted by atomic mass is 10.0. The average molecular weight is 404 g/mol. The topological polar surface area (TPSA) is 60.0 Å². The summed E-state index contributed by atoms with van der Waals surface area (Å²) >= 11 is 0. The third kappa shape index (κ3) is 3.52. The number of hydrogen-bond donors (Lipinski definition) is 1. The van der Waals surface area contributed by atoms with Crippen molar-refractivity contribution in [2.24, 2.45) is 0 Å². The van der Waals surface area contributed by atoms with E-state index in [0.717, 1.165) is 16.8 Å². The van der Waals surface area contributed by atoms with Crippen LogP contribution in [0.25, 0.3) is 0 Å². The van der Waals surface area contributed by atoms with E-state index in [4.69, 9.17) is 14.2 Å². The van der Waals surface area contributed by atoms with E-state index >= 15 is 0 Å². The third-order valence-corrected chi connectivity index (χ3v) is 5.22. The molecule has 1 aliphatic heterocycles. The summed E-state index contributed by atoms with van der Waals surface area (Å²) in [5, 5.41) is 3.51. The number of carbonyl (C=O) groups is 1. The Morgan fingerprint density at radius 2 is 1.50 bits per heavy atom. The van der Waals surface area contributed by atoms with Crippen molar-refractivity contribution in [2.45, 2.75) is 12.7 Å². The number of para-hydroxylation sites is 1. The van der Waals surface area contributed by atoms with E-state index in [1.165, 1.54) is 0 Å². The summed E-state index contributed by atoms with van der Waals surface area (Å²) in [7, 11) is 4.73. The summed E-state index contributed by atoms with van der Waals surface area (Å²) in [6.07, 6.45) is -0.402. The Labute approximate surface area is 176 Å². The maximum Gasteiger partial charge on any atom is 0.258 e. The largest absolute Gasteiger partial charge is 0.493 e. The Kier molecular flexibility index (Phi) is 5.48. The molecule has 3 aromatic carbocycles. The van der Waals surface area contributed by atoms with Crippen LogP contribution in [0.1, 0.15) is 27.7 Å². The second kappa shape index (κ2) is 8.37. The number of benzene rings is 3. The van der Waals surface area contributed by atoms with Crippen molar-refractivity contribution in [2.75, 3.05) is 26.6 Å². The van der Waals surface area contributed by atoms with Crippen molar-refractivity contribution >= 4 is 11.6 Å². The predicted octanol–water partition coefficient (Wildman–Crippen LogP) is 4.48. The zero-order valence-electron chi connectivity index (χ0n) is 17.2. The smallest absolute Gasteiger partial charge is 0.258 e. The third-order valence-electron chi connectivity index (χ3n) is 5.22. The van der Waals surface area contributed by atoms with Gasteiger partial charge in [0.2, 0.25) is 5.75 Å². The Balaban J connectivity index is 1.82. The van der Waals surface area contributed by atoms with Crippen LogP contribution in [0.3, 0.4) is 0 Å². The van der Waals surface area contributed by atoms with Crippen LogP contribution in [0.5, 0.6) is 17.2 Å². The van der Waals surface area contributed by atoms with E-state index in [0.29, 0.717) is 29.4 Å². The van der Waals surface area contributed by atoms with Gasteiger partial charge in [0.1, 0.15) is 6.17 Å². The summed E-state index contributed by atoms with van der Waals surface area (Å²) in [4.78, 5) is 15.3. The Morgan fingerprint density at radius 3 is 2.13 bits per heavy atom. The van der Waals surface area contributed by atoms with Crippen LogP contribution in [0.2, 0.25) is 0 Å². The van der Waals surface area contributed by atoms with Gasteiger partial charge in [-0.1, -0.05) is 42.5 Å². The monoisotopic (exact) mass is 404 g/mol. The summed E-state index contributed by atoms with van der Waals surface area (Å²) in [5.74, 6) is 1.56. The molecule has 3 aromatic rings. The number of anilines is 1. The van der Waals surface area contributed by atoms with Crippen LogP contribution in [-0.2, 0) is 6.54 Å². The second-order valence-corrected chi connectivity index (χ2v) is 6.97. The zero-order chi connectivity index (χ0) is 21.1. The van der Waals surface area contributed by atoms with Crippen LogP contribution in [0, 0.1) is 0 Å². The predicted molar refractivity (Wildman–Crippen MR) is 115 cm³/mol. The second-order valence-electron chi connectivity index (χ2n) is 6.97. The number of methoxy groups -OCH3 is 3. The first-order chi connectivity index (χ1) is 14.7. The molecular weight excluding hydrogens is 380 g/mol. The van der Waals surface area contributed by atoms with E-state index in [1.807, 2.05) is 71.6 Å². The normalized spacial score (nSPS) is 15.2. The molecular formula is C24H24N2O4. The van der Waals surface area contributed by atoms with Gasteiger partial charge in [-0.05, 0) is 29.8 Å². The van der Waals surface area contributed by atoms with Gasteiger partial charge in [-0.15, -0.1) is 0 Å². The molecule has 0 aliphatic carbocycles. The average Bonchev–Trinajstić information content (AvgIpc) is 2.80.